The van der Waals surface area contributed by atoms with Crippen LogP contribution in [0.1, 0.15) is 39.5 Å². The van der Waals surface area contributed by atoms with E-state index in [2.05, 4.69) is 4.89 Å². The van der Waals surface area contributed by atoms with Crippen molar-refractivity contribution in [3.8, 4) is 0 Å². The Morgan fingerprint density at radius 2 is 1.80 bits per heavy atom. The third-order valence-electron chi connectivity index (χ3n) is 2.67. The lowest BCUT2D eigenvalue weighted by atomic mass is 10.3. The van der Waals surface area contributed by atoms with E-state index in [4.69, 9.17) is 4.84 Å². The average Bonchev–Trinajstić information content (AvgIpc) is 2.69. The number of nitrogens with one attached hydrogen (secondary N) is 1. The van der Waals surface area contributed by atoms with Crippen molar-refractivity contribution in [1.29, 1.82) is 0 Å². The van der Waals surface area contributed by atoms with Crippen LogP contribution in [0.2, 0.25) is 0 Å². The van der Waals surface area contributed by atoms with E-state index in [9.17, 15) is 8.42 Å². The van der Waals surface area contributed by atoms with Crippen LogP contribution >= 0.6 is 0 Å². The molecule has 6 heteroatoms. The molecule has 1 fully saturated rings. The van der Waals surface area contributed by atoms with Crippen LogP contribution in [0.4, 0.5) is 0 Å². The summed E-state index contributed by atoms with van der Waals surface area (Å²) in [5.41, 5.74) is 0. The minimum Gasteiger partial charge on any atom is -0.283 e. The largest absolute Gasteiger partial charge is 0.301 e. The topological polar surface area (TPSA) is 58.6 Å². The molecule has 5 nitrogen and oxygen atoms in total. The summed E-state index contributed by atoms with van der Waals surface area (Å²) < 4.78 is 24.6. The van der Waals surface area contributed by atoms with E-state index < -0.39 is 10.2 Å². The molecule has 1 saturated carbocycles. The molecule has 0 aromatic carbocycles. The maximum Gasteiger partial charge on any atom is 0.301 e. The quantitative estimate of drug-likeness (QED) is 0.701. The maximum absolute atomic E-state index is 11.6. The second kappa shape index (κ2) is 5.79. The minimum atomic E-state index is -3.45. The highest BCUT2D eigenvalue weighted by molar-refractivity contribution is 7.87. The summed E-state index contributed by atoms with van der Waals surface area (Å²) in [6.45, 7) is 4.52. The van der Waals surface area contributed by atoms with Gasteiger partial charge in [-0.05, 0) is 12.8 Å². The number of rotatable bonds is 6. The van der Waals surface area contributed by atoms with Crippen molar-refractivity contribution in [3.63, 3.8) is 0 Å². The SMILES string of the molecule is CCN(CC)S(=O)(=O)NOC1CCCC1. The molecule has 1 N–H and O–H groups in total. The van der Waals surface area contributed by atoms with Crippen molar-refractivity contribution in [2.45, 2.75) is 45.6 Å². The third kappa shape index (κ3) is 3.71. The molecule has 0 spiro atoms. The lowest BCUT2D eigenvalue weighted by molar-refractivity contribution is 0.0192. The molecule has 1 aliphatic rings. The first-order valence-electron chi connectivity index (χ1n) is 5.52. The lowest BCUT2D eigenvalue weighted by Crippen LogP contribution is -2.41. The maximum atomic E-state index is 11.6. The van der Waals surface area contributed by atoms with Crippen molar-refractivity contribution >= 4 is 10.2 Å². The van der Waals surface area contributed by atoms with Crippen LogP contribution in [-0.2, 0) is 15.0 Å². The van der Waals surface area contributed by atoms with Crippen molar-refractivity contribution < 1.29 is 13.3 Å². The fourth-order valence-electron chi connectivity index (χ4n) is 1.75. The molecule has 0 amide bonds. The van der Waals surface area contributed by atoms with Crippen LogP contribution in [0, 0.1) is 0 Å². The normalized spacial score (nSPS) is 18.9. The molecular formula is C9H20N2O3S. The Bertz CT molecular complexity index is 269. The van der Waals surface area contributed by atoms with Crippen molar-refractivity contribution in [1.82, 2.24) is 9.19 Å². The molecule has 1 rings (SSSR count). The van der Waals surface area contributed by atoms with E-state index in [0.29, 0.717) is 13.1 Å². The van der Waals surface area contributed by atoms with E-state index >= 15 is 0 Å². The lowest BCUT2D eigenvalue weighted by Gasteiger charge is -2.20. The van der Waals surface area contributed by atoms with Gasteiger partial charge in [0.1, 0.15) is 0 Å². The molecule has 1 aliphatic carbocycles. The summed E-state index contributed by atoms with van der Waals surface area (Å²) >= 11 is 0. The van der Waals surface area contributed by atoms with Crippen LogP contribution in [0.3, 0.4) is 0 Å². The van der Waals surface area contributed by atoms with Gasteiger partial charge in [-0.3, -0.25) is 4.84 Å². The molecule has 0 saturated heterocycles. The molecule has 0 radical (unpaired) electrons. The summed E-state index contributed by atoms with van der Waals surface area (Å²) in [4.78, 5) is 7.37. The van der Waals surface area contributed by atoms with E-state index in [1.54, 1.807) is 13.8 Å². The Morgan fingerprint density at radius 3 is 2.27 bits per heavy atom. The molecule has 0 heterocycles. The second-order valence-corrected chi connectivity index (χ2v) is 5.33. The van der Waals surface area contributed by atoms with E-state index in [0.717, 1.165) is 25.7 Å². The van der Waals surface area contributed by atoms with Crippen LogP contribution in [0.15, 0.2) is 0 Å². The number of hydrogen-bond donors (Lipinski definition) is 1. The zero-order chi connectivity index (χ0) is 11.3. The third-order valence-corrected chi connectivity index (χ3v) is 4.17. The Kier molecular flexibility index (Phi) is 4.98. The van der Waals surface area contributed by atoms with Crippen molar-refractivity contribution in [3.05, 3.63) is 0 Å². The van der Waals surface area contributed by atoms with Gasteiger partial charge in [-0.1, -0.05) is 31.6 Å². The van der Waals surface area contributed by atoms with Gasteiger partial charge in [0.05, 0.1) is 6.10 Å². The smallest absolute Gasteiger partial charge is 0.283 e. The predicted molar refractivity (Wildman–Crippen MR) is 58.3 cm³/mol. The standard InChI is InChI=1S/C9H20N2O3S/c1-3-11(4-2)15(12,13)10-14-9-7-5-6-8-9/h9-10H,3-8H2,1-2H3. The highest BCUT2D eigenvalue weighted by Crippen LogP contribution is 2.20. The highest BCUT2D eigenvalue weighted by Gasteiger charge is 2.22. The van der Waals surface area contributed by atoms with Gasteiger partial charge in [0.15, 0.2) is 0 Å². The number of nitrogens with zero attached hydrogens (tertiary/aromatic N) is 1. The molecule has 0 unspecified atom stereocenters. The van der Waals surface area contributed by atoms with Crippen LogP contribution in [0.25, 0.3) is 0 Å². The summed E-state index contributed by atoms with van der Waals surface area (Å²) in [5.74, 6) is 0. The molecule has 0 aromatic heterocycles. The van der Waals surface area contributed by atoms with Gasteiger partial charge in [0, 0.05) is 13.1 Å². The Hall–Kier alpha value is -0.170. The summed E-state index contributed by atoms with van der Waals surface area (Å²) in [7, 11) is -3.45. The van der Waals surface area contributed by atoms with Gasteiger partial charge in [-0.25, -0.2) is 0 Å². The monoisotopic (exact) mass is 236 g/mol. The van der Waals surface area contributed by atoms with Gasteiger partial charge in [-0.15, -0.1) is 0 Å². The first-order valence-corrected chi connectivity index (χ1v) is 6.96. The minimum absolute atomic E-state index is 0.0512. The van der Waals surface area contributed by atoms with Crippen LogP contribution in [0.5, 0.6) is 0 Å². The van der Waals surface area contributed by atoms with Crippen molar-refractivity contribution in [2.75, 3.05) is 13.1 Å². The average molecular weight is 236 g/mol. The first-order chi connectivity index (χ1) is 7.10. The fraction of sp³-hybridized carbons (Fsp3) is 1.00. The van der Waals surface area contributed by atoms with E-state index in [-0.39, 0.29) is 6.10 Å². The number of hydrogen-bond acceptors (Lipinski definition) is 3. The molecule has 90 valence electrons. The molecule has 15 heavy (non-hydrogen) atoms. The molecule has 0 atom stereocenters. The van der Waals surface area contributed by atoms with E-state index in [1.807, 2.05) is 0 Å². The summed E-state index contributed by atoms with van der Waals surface area (Å²) in [6, 6.07) is 0. The Morgan fingerprint density at radius 1 is 1.27 bits per heavy atom. The fourth-order valence-corrected chi connectivity index (χ4v) is 2.79. The van der Waals surface area contributed by atoms with Crippen molar-refractivity contribution in [2.24, 2.45) is 0 Å². The van der Waals surface area contributed by atoms with Gasteiger partial charge in [0.25, 0.3) is 0 Å². The van der Waals surface area contributed by atoms with Crippen LogP contribution < -0.4 is 4.89 Å². The second-order valence-electron chi connectivity index (χ2n) is 3.70. The van der Waals surface area contributed by atoms with Gasteiger partial charge in [0.2, 0.25) is 0 Å². The molecule has 0 aromatic rings. The summed E-state index contributed by atoms with van der Waals surface area (Å²) in [5, 5.41) is 0. The zero-order valence-electron chi connectivity index (χ0n) is 9.40. The van der Waals surface area contributed by atoms with E-state index in [1.165, 1.54) is 4.31 Å². The first kappa shape index (κ1) is 12.9. The molecule has 0 aliphatic heterocycles. The van der Waals surface area contributed by atoms with Gasteiger partial charge < -0.3 is 0 Å². The van der Waals surface area contributed by atoms with Crippen LogP contribution in [-0.4, -0.2) is 31.9 Å². The van der Waals surface area contributed by atoms with Gasteiger partial charge >= 0.3 is 10.2 Å². The predicted octanol–water partition coefficient (Wildman–Crippen LogP) is 1.04. The summed E-state index contributed by atoms with van der Waals surface area (Å²) in [6.07, 6.45) is 4.19. The zero-order valence-corrected chi connectivity index (χ0v) is 10.2. The van der Waals surface area contributed by atoms with Gasteiger partial charge in [-0.2, -0.15) is 12.7 Å². The molecule has 0 bridgehead atoms. The Balaban J connectivity index is 2.41. The molecular weight excluding hydrogens is 216 g/mol. The highest BCUT2D eigenvalue weighted by atomic mass is 32.2. The Labute approximate surface area is 91.9 Å².